The maximum atomic E-state index is 5.91. The fourth-order valence-electron chi connectivity index (χ4n) is 1.27. The predicted molar refractivity (Wildman–Crippen MR) is 66.3 cm³/mol. The van der Waals surface area contributed by atoms with Crippen LogP contribution in [0.2, 0.25) is 0 Å². The molecule has 0 aliphatic carbocycles. The van der Waals surface area contributed by atoms with E-state index in [-0.39, 0.29) is 0 Å². The van der Waals surface area contributed by atoms with Gasteiger partial charge in [-0.05, 0) is 42.4 Å². The topological polar surface area (TPSA) is 12.5 Å². The molecule has 0 radical (unpaired) electrons. The van der Waals surface area contributed by atoms with Crippen molar-refractivity contribution in [3.05, 3.63) is 18.2 Å². The Balaban J connectivity index is 2.09. The van der Waals surface area contributed by atoms with Crippen molar-refractivity contribution < 1.29 is 4.74 Å². The van der Waals surface area contributed by atoms with Crippen LogP contribution in [0.15, 0.2) is 28.0 Å². The molecule has 0 saturated carbocycles. The number of ether oxygens (including phenoxy) is 1. The van der Waals surface area contributed by atoms with Gasteiger partial charge in [-0.1, -0.05) is 22.6 Å². The average Bonchev–Trinajstić information content (AvgIpc) is 2.59. The highest BCUT2D eigenvalue weighted by Crippen LogP contribution is 2.51. The van der Waals surface area contributed by atoms with Crippen LogP contribution in [0.1, 0.15) is 19.8 Å². The molecule has 0 unspecified atom stereocenters. The molecular formula is C10H12ClNOS2. The minimum absolute atomic E-state index is 0.778. The van der Waals surface area contributed by atoms with Crippen molar-refractivity contribution >= 4 is 35.7 Å². The molecule has 2 rings (SSSR count). The van der Waals surface area contributed by atoms with E-state index in [0.717, 1.165) is 30.1 Å². The first-order valence-electron chi connectivity index (χ1n) is 4.89. The molecule has 2 nitrogen and oxygen atoms in total. The first-order chi connectivity index (χ1) is 7.31. The molecule has 0 atom stereocenters. The Morgan fingerprint density at radius 2 is 2.27 bits per heavy atom. The minimum Gasteiger partial charge on any atom is -0.492 e. The van der Waals surface area contributed by atoms with E-state index >= 15 is 0 Å². The molecule has 1 heterocycles. The zero-order valence-electron chi connectivity index (χ0n) is 8.40. The standard InChI is InChI=1S/C10H12ClNOS2/c1-2-3-7-13-8-5-4-6-9-10(8)15-12(11)14-9/h4-6H,2-3,7H2,1H3. The lowest BCUT2D eigenvalue weighted by Gasteiger charge is -2.08. The van der Waals surface area contributed by atoms with Crippen molar-refractivity contribution in [1.82, 2.24) is 3.23 Å². The van der Waals surface area contributed by atoms with Crippen molar-refractivity contribution in [2.24, 2.45) is 0 Å². The maximum absolute atomic E-state index is 5.91. The van der Waals surface area contributed by atoms with Gasteiger partial charge in [-0.15, -0.1) is 0 Å². The van der Waals surface area contributed by atoms with Crippen LogP contribution in [0.25, 0.3) is 0 Å². The second kappa shape index (κ2) is 5.34. The number of nitrogens with zero attached hydrogens (tertiary/aromatic N) is 1. The van der Waals surface area contributed by atoms with Gasteiger partial charge in [0.25, 0.3) is 0 Å². The Bertz CT molecular complexity index is 348. The first-order valence-corrected chi connectivity index (χ1v) is 6.77. The van der Waals surface area contributed by atoms with Crippen LogP contribution in [-0.2, 0) is 0 Å². The third-order valence-electron chi connectivity index (χ3n) is 2.03. The lowest BCUT2D eigenvalue weighted by Crippen LogP contribution is -1.97. The van der Waals surface area contributed by atoms with Gasteiger partial charge in [0, 0.05) is 16.7 Å². The van der Waals surface area contributed by atoms with Crippen molar-refractivity contribution in [1.29, 1.82) is 0 Å². The lowest BCUT2D eigenvalue weighted by molar-refractivity contribution is 0.301. The molecular weight excluding hydrogens is 250 g/mol. The maximum Gasteiger partial charge on any atom is 0.135 e. The average molecular weight is 262 g/mol. The third kappa shape index (κ3) is 2.75. The van der Waals surface area contributed by atoms with E-state index in [1.54, 1.807) is 3.23 Å². The largest absolute Gasteiger partial charge is 0.492 e. The number of hydrogen-bond acceptors (Lipinski definition) is 4. The van der Waals surface area contributed by atoms with Gasteiger partial charge in [-0.3, -0.25) is 0 Å². The van der Waals surface area contributed by atoms with Crippen LogP contribution in [0.5, 0.6) is 5.75 Å². The van der Waals surface area contributed by atoms with Gasteiger partial charge < -0.3 is 4.74 Å². The molecule has 1 aromatic carbocycles. The van der Waals surface area contributed by atoms with Crippen LogP contribution in [0.3, 0.4) is 0 Å². The summed E-state index contributed by atoms with van der Waals surface area (Å²) in [5.74, 6) is 0.946. The molecule has 15 heavy (non-hydrogen) atoms. The Hall–Kier alpha value is -0.0300. The summed E-state index contributed by atoms with van der Waals surface area (Å²) in [4.78, 5) is 2.30. The predicted octanol–water partition coefficient (Wildman–Crippen LogP) is 4.35. The van der Waals surface area contributed by atoms with Crippen molar-refractivity contribution in [3.8, 4) is 5.75 Å². The molecule has 82 valence electrons. The number of benzene rings is 1. The smallest absolute Gasteiger partial charge is 0.135 e. The fourth-order valence-corrected chi connectivity index (χ4v) is 3.53. The quantitative estimate of drug-likeness (QED) is 0.454. The van der Waals surface area contributed by atoms with Crippen LogP contribution in [0, 0.1) is 0 Å². The van der Waals surface area contributed by atoms with E-state index in [1.807, 2.05) is 12.1 Å². The van der Waals surface area contributed by atoms with Gasteiger partial charge in [0.1, 0.15) is 5.75 Å². The van der Waals surface area contributed by atoms with Crippen LogP contribution >= 0.6 is 35.7 Å². The molecule has 0 amide bonds. The molecule has 0 spiro atoms. The Morgan fingerprint density at radius 3 is 3.07 bits per heavy atom. The Labute approximate surface area is 104 Å². The van der Waals surface area contributed by atoms with Crippen molar-refractivity contribution in [2.45, 2.75) is 29.6 Å². The lowest BCUT2D eigenvalue weighted by atomic mass is 10.3. The summed E-state index contributed by atoms with van der Waals surface area (Å²) >= 11 is 8.95. The summed E-state index contributed by atoms with van der Waals surface area (Å²) < 4.78 is 7.34. The highest BCUT2D eigenvalue weighted by Gasteiger charge is 2.23. The minimum atomic E-state index is 0.778. The first kappa shape index (κ1) is 11.5. The normalized spacial score (nSPS) is 15.3. The van der Waals surface area contributed by atoms with E-state index in [0.29, 0.717) is 0 Å². The van der Waals surface area contributed by atoms with E-state index in [9.17, 15) is 0 Å². The highest BCUT2D eigenvalue weighted by atomic mass is 35.5. The summed E-state index contributed by atoms with van der Waals surface area (Å²) in [5, 5.41) is 0. The van der Waals surface area contributed by atoms with Gasteiger partial charge in [-0.2, -0.15) is 0 Å². The van der Waals surface area contributed by atoms with Gasteiger partial charge in [-0.25, -0.2) is 0 Å². The van der Waals surface area contributed by atoms with Gasteiger partial charge >= 0.3 is 0 Å². The van der Waals surface area contributed by atoms with Gasteiger partial charge in [0.15, 0.2) is 0 Å². The van der Waals surface area contributed by atoms with Crippen LogP contribution in [0.4, 0.5) is 0 Å². The molecule has 0 N–H and O–H groups in total. The zero-order valence-corrected chi connectivity index (χ0v) is 10.8. The Morgan fingerprint density at radius 1 is 1.40 bits per heavy atom. The van der Waals surface area contributed by atoms with Crippen LogP contribution < -0.4 is 4.74 Å². The molecule has 0 saturated heterocycles. The van der Waals surface area contributed by atoms with E-state index in [1.165, 1.54) is 28.8 Å². The SMILES string of the molecule is CCCCOc1cccc2c1SN(Cl)S2. The van der Waals surface area contributed by atoms with Crippen molar-refractivity contribution in [2.75, 3.05) is 6.61 Å². The number of unbranched alkanes of at least 4 members (excludes halogenated alkanes) is 1. The second-order valence-electron chi connectivity index (χ2n) is 3.18. The summed E-state index contributed by atoms with van der Waals surface area (Å²) in [6, 6.07) is 6.06. The Kier molecular flexibility index (Phi) is 4.08. The zero-order chi connectivity index (χ0) is 10.7. The molecule has 1 aliphatic heterocycles. The van der Waals surface area contributed by atoms with E-state index in [2.05, 4.69) is 13.0 Å². The molecule has 0 bridgehead atoms. The molecule has 1 aromatic rings. The van der Waals surface area contributed by atoms with Gasteiger partial charge in [0.05, 0.1) is 11.5 Å². The number of hydrogen-bond donors (Lipinski definition) is 0. The van der Waals surface area contributed by atoms with E-state index < -0.39 is 0 Å². The monoisotopic (exact) mass is 261 g/mol. The summed E-state index contributed by atoms with van der Waals surface area (Å²) in [7, 11) is 0. The molecule has 1 aliphatic rings. The van der Waals surface area contributed by atoms with Crippen molar-refractivity contribution in [3.63, 3.8) is 0 Å². The number of fused-ring (bicyclic) bond motifs is 1. The van der Waals surface area contributed by atoms with Crippen LogP contribution in [-0.4, -0.2) is 9.84 Å². The molecule has 0 aromatic heterocycles. The second-order valence-corrected chi connectivity index (χ2v) is 6.09. The highest BCUT2D eigenvalue weighted by molar-refractivity contribution is 8.16. The van der Waals surface area contributed by atoms with E-state index in [4.69, 9.17) is 16.5 Å². The van der Waals surface area contributed by atoms with Gasteiger partial charge in [0.2, 0.25) is 0 Å². The number of rotatable bonds is 4. The summed E-state index contributed by atoms with van der Waals surface area (Å²) in [6.07, 6.45) is 2.24. The summed E-state index contributed by atoms with van der Waals surface area (Å²) in [6.45, 7) is 2.93. The molecule has 0 fully saturated rings. The molecule has 5 heteroatoms. The number of halogens is 1. The third-order valence-corrected chi connectivity index (χ3v) is 4.45. The summed E-state index contributed by atoms with van der Waals surface area (Å²) in [5.41, 5.74) is 0. The fraction of sp³-hybridized carbons (Fsp3) is 0.400.